The summed E-state index contributed by atoms with van der Waals surface area (Å²) in [4.78, 5) is 17.3. The molecular formula is C31H31F3N4O3S. The first-order chi connectivity index (χ1) is 20.2. The van der Waals surface area contributed by atoms with Gasteiger partial charge in [0.15, 0.2) is 0 Å². The molecule has 42 heavy (non-hydrogen) atoms. The van der Waals surface area contributed by atoms with E-state index < -0.39 is 5.51 Å². The Kier molecular flexibility index (Phi) is 9.14. The summed E-state index contributed by atoms with van der Waals surface area (Å²) in [6.45, 7) is 2.04. The Balaban J connectivity index is 1.15. The molecule has 7 nitrogen and oxygen atoms in total. The van der Waals surface area contributed by atoms with Gasteiger partial charge in [-0.05, 0) is 110 Å². The van der Waals surface area contributed by atoms with Crippen LogP contribution in [0.15, 0.2) is 77.7 Å². The molecule has 2 fully saturated rings. The normalized spacial score (nSPS) is 19.2. The number of benzene rings is 3. The van der Waals surface area contributed by atoms with Gasteiger partial charge in [-0.3, -0.25) is 4.90 Å². The van der Waals surface area contributed by atoms with Crippen LogP contribution in [0.25, 0.3) is 0 Å². The van der Waals surface area contributed by atoms with E-state index in [1.165, 1.54) is 24.3 Å². The van der Waals surface area contributed by atoms with Gasteiger partial charge in [0.05, 0.1) is 11.6 Å². The van der Waals surface area contributed by atoms with E-state index in [0.29, 0.717) is 30.1 Å². The second-order valence-corrected chi connectivity index (χ2v) is 11.6. The summed E-state index contributed by atoms with van der Waals surface area (Å²) in [7, 11) is 0. The molecule has 2 saturated heterocycles. The third-order valence-corrected chi connectivity index (χ3v) is 8.41. The standard InChI is InChI=1S/C31H31F3N4O3S/c32-31(33,34)42-28-15-7-23(8-16-28)36-30(40)37-19-24-9-10-25(20-37)38(24)17-1-2-29(22-5-3-21(18-35)4-6-22)41-27-13-11-26(39)12-14-27/h3-8,11-16,24-25,29,39H,1-2,9-10,17,19-20H2,(H,36,40). The molecule has 0 aliphatic carbocycles. The molecule has 0 radical (unpaired) electrons. The molecule has 3 unspecified atom stereocenters. The van der Waals surface area contributed by atoms with Crippen molar-refractivity contribution in [2.75, 3.05) is 25.0 Å². The highest BCUT2D eigenvalue weighted by Gasteiger charge is 2.41. The monoisotopic (exact) mass is 596 g/mol. The minimum absolute atomic E-state index is 0.0713. The molecule has 2 heterocycles. The van der Waals surface area contributed by atoms with E-state index in [4.69, 9.17) is 10.00 Å². The highest BCUT2D eigenvalue weighted by molar-refractivity contribution is 8.00. The van der Waals surface area contributed by atoms with Gasteiger partial charge in [-0.2, -0.15) is 18.4 Å². The molecule has 3 aromatic carbocycles. The van der Waals surface area contributed by atoms with Gasteiger partial charge in [0, 0.05) is 35.8 Å². The van der Waals surface area contributed by atoms with Crippen LogP contribution in [0.2, 0.25) is 0 Å². The molecular weight excluding hydrogens is 565 g/mol. The zero-order valence-electron chi connectivity index (χ0n) is 22.8. The van der Waals surface area contributed by atoms with Crippen molar-refractivity contribution in [1.82, 2.24) is 9.80 Å². The number of thioether (sulfide) groups is 1. The predicted octanol–water partition coefficient (Wildman–Crippen LogP) is 7.16. The number of nitriles is 1. The lowest BCUT2D eigenvalue weighted by molar-refractivity contribution is -0.0328. The average molecular weight is 597 g/mol. The van der Waals surface area contributed by atoms with Crippen LogP contribution >= 0.6 is 11.8 Å². The lowest BCUT2D eigenvalue weighted by Crippen LogP contribution is -2.56. The summed E-state index contributed by atoms with van der Waals surface area (Å²) < 4.78 is 44.1. The zero-order chi connectivity index (χ0) is 29.7. The van der Waals surface area contributed by atoms with Crippen LogP contribution in [0.1, 0.15) is 42.9 Å². The van der Waals surface area contributed by atoms with E-state index in [-0.39, 0.29) is 46.6 Å². The number of hydrogen-bond acceptors (Lipinski definition) is 6. The number of phenolic OH excluding ortho intramolecular Hbond substituents is 1. The fraction of sp³-hybridized carbons (Fsp3) is 0.355. The number of carbonyl (C=O) groups excluding carboxylic acids is 1. The number of amides is 2. The molecule has 5 rings (SSSR count). The number of anilines is 1. The Labute approximate surface area is 246 Å². The van der Waals surface area contributed by atoms with E-state index in [1.54, 1.807) is 41.3 Å². The second kappa shape index (κ2) is 13.0. The van der Waals surface area contributed by atoms with E-state index >= 15 is 0 Å². The lowest BCUT2D eigenvalue weighted by Gasteiger charge is -2.41. The van der Waals surface area contributed by atoms with Crippen molar-refractivity contribution >= 4 is 23.5 Å². The molecule has 2 amide bonds. The molecule has 3 atom stereocenters. The van der Waals surface area contributed by atoms with Crippen LogP contribution in [0.5, 0.6) is 11.5 Å². The van der Waals surface area contributed by atoms with Gasteiger partial charge >= 0.3 is 11.5 Å². The number of likely N-dealkylation sites (tertiary alicyclic amines) is 1. The highest BCUT2D eigenvalue weighted by atomic mass is 32.2. The number of carbonyl (C=O) groups is 1. The van der Waals surface area contributed by atoms with Crippen molar-refractivity contribution in [2.45, 2.75) is 54.3 Å². The smallest absolute Gasteiger partial charge is 0.446 e. The SMILES string of the molecule is N#Cc1ccc(C(CCCN2C3CCC2CN(C(=O)Nc2ccc(SC(F)(F)F)cc2)C3)Oc2ccc(O)cc2)cc1. The summed E-state index contributed by atoms with van der Waals surface area (Å²) in [6.07, 6.45) is 3.38. The number of piperazine rings is 1. The van der Waals surface area contributed by atoms with Crippen molar-refractivity contribution < 1.29 is 27.8 Å². The summed E-state index contributed by atoms with van der Waals surface area (Å²) in [5, 5.41) is 21.6. The van der Waals surface area contributed by atoms with Gasteiger partial charge in [0.2, 0.25) is 0 Å². The third-order valence-electron chi connectivity index (χ3n) is 7.67. The predicted molar refractivity (Wildman–Crippen MR) is 154 cm³/mol. The lowest BCUT2D eigenvalue weighted by atomic mass is 10.0. The quantitative estimate of drug-likeness (QED) is 0.255. The molecule has 0 spiro atoms. The Morgan fingerprint density at radius 2 is 1.67 bits per heavy atom. The van der Waals surface area contributed by atoms with Gasteiger partial charge in [-0.15, -0.1) is 0 Å². The molecule has 220 valence electrons. The molecule has 0 saturated carbocycles. The Hall–Kier alpha value is -3.88. The molecule has 0 aromatic heterocycles. The van der Waals surface area contributed by atoms with Crippen LogP contribution in [-0.2, 0) is 0 Å². The van der Waals surface area contributed by atoms with E-state index in [1.807, 2.05) is 12.1 Å². The number of alkyl halides is 3. The topological polar surface area (TPSA) is 88.8 Å². The Morgan fingerprint density at radius 3 is 2.26 bits per heavy atom. The number of urea groups is 1. The van der Waals surface area contributed by atoms with Crippen molar-refractivity contribution in [3.8, 4) is 17.6 Å². The number of rotatable bonds is 9. The fourth-order valence-corrected chi connectivity index (χ4v) is 6.22. The first kappa shape index (κ1) is 29.6. The van der Waals surface area contributed by atoms with Crippen molar-refractivity contribution in [3.63, 3.8) is 0 Å². The summed E-state index contributed by atoms with van der Waals surface area (Å²) >= 11 is -0.183. The van der Waals surface area contributed by atoms with Crippen LogP contribution in [-0.4, -0.2) is 58.2 Å². The summed E-state index contributed by atoms with van der Waals surface area (Å²) in [5.74, 6) is 0.814. The number of aromatic hydroxyl groups is 1. The van der Waals surface area contributed by atoms with Gasteiger partial charge in [-0.1, -0.05) is 12.1 Å². The van der Waals surface area contributed by atoms with Crippen LogP contribution in [0.3, 0.4) is 0 Å². The largest absolute Gasteiger partial charge is 0.508 e. The zero-order valence-corrected chi connectivity index (χ0v) is 23.6. The summed E-state index contributed by atoms with van der Waals surface area (Å²) in [5.41, 5.74) is -2.34. The van der Waals surface area contributed by atoms with Gasteiger partial charge < -0.3 is 20.1 Å². The Bertz CT molecular complexity index is 1380. The minimum Gasteiger partial charge on any atom is -0.508 e. The average Bonchev–Trinajstić information content (AvgIpc) is 3.19. The van der Waals surface area contributed by atoms with Crippen LogP contribution < -0.4 is 10.1 Å². The first-order valence-corrected chi connectivity index (χ1v) is 14.6. The number of ether oxygens (including phenoxy) is 1. The maximum absolute atomic E-state index is 13.0. The van der Waals surface area contributed by atoms with Crippen molar-refractivity contribution in [1.29, 1.82) is 5.26 Å². The number of nitrogens with one attached hydrogen (secondary N) is 1. The fourth-order valence-electron chi connectivity index (χ4n) is 5.68. The third kappa shape index (κ3) is 7.69. The molecule has 2 aliphatic rings. The highest BCUT2D eigenvalue weighted by Crippen LogP contribution is 2.37. The van der Waals surface area contributed by atoms with Gasteiger partial charge in [0.25, 0.3) is 0 Å². The second-order valence-electron chi connectivity index (χ2n) is 10.5. The first-order valence-electron chi connectivity index (χ1n) is 13.8. The molecule has 2 aliphatic heterocycles. The molecule has 2 bridgehead atoms. The maximum Gasteiger partial charge on any atom is 0.446 e. The van der Waals surface area contributed by atoms with Gasteiger partial charge in [0.1, 0.15) is 17.6 Å². The van der Waals surface area contributed by atoms with Crippen molar-refractivity contribution in [3.05, 3.63) is 83.9 Å². The number of phenols is 1. The van der Waals surface area contributed by atoms with E-state index in [9.17, 15) is 23.1 Å². The summed E-state index contributed by atoms with van der Waals surface area (Å²) in [6, 6.07) is 22.1. The number of nitrogens with zero attached hydrogens (tertiary/aromatic N) is 3. The van der Waals surface area contributed by atoms with Crippen LogP contribution in [0, 0.1) is 11.3 Å². The Morgan fingerprint density at radius 1 is 1.02 bits per heavy atom. The van der Waals surface area contributed by atoms with Gasteiger partial charge in [-0.25, -0.2) is 4.79 Å². The minimum atomic E-state index is -4.35. The van der Waals surface area contributed by atoms with E-state index in [2.05, 4.69) is 16.3 Å². The number of hydrogen-bond donors (Lipinski definition) is 2. The van der Waals surface area contributed by atoms with E-state index in [0.717, 1.165) is 37.8 Å². The van der Waals surface area contributed by atoms with Crippen LogP contribution in [0.4, 0.5) is 23.7 Å². The number of halogens is 3. The number of fused-ring (bicyclic) bond motifs is 2. The molecule has 3 aromatic rings. The molecule has 11 heteroatoms. The molecule has 2 N–H and O–H groups in total. The van der Waals surface area contributed by atoms with Crippen molar-refractivity contribution in [2.24, 2.45) is 0 Å². The maximum atomic E-state index is 13.0.